The summed E-state index contributed by atoms with van der Waals surface area (Å²) in [5.41, 5.74) is 0. The van der Waals surface area contributed by atoms with Crippen LogP contribution in [0.1, 0.15) is 0 Å². The van der Waals surface area contributed by atoms with Crippen molar-refractivity contribution < 1.29 is 9.59 Å². The first kappa shape index (κ1) is 7.76. The van der Waals surface area contributed by atoms with E-state index in [0.29, 0.717) is 0 Å². The van der Waals surface area contributed by atoms with E-state index in [9.17, 15) is 9.59 Å². The summed E-state index contributed by atoms with van der Waals surface area (Å²) in [6, 6.07) is 0. The van der Waals surface area contributed by atoms with E-state index in [2.05, 4.69) is 0 Å². The summed E-state index contributed by atoms with van der Waals surface area (Å²) < 4.78 is 0. The molecular formula is C6H4Cl2O2. The molecule has 1 aliphatic rings. The highest BCUT2D eigenvalue weighted by atomic mass is 35.5. The predicted molar refractivity (Wildman–Crippen MR) is 38.4 cm³/mol. The normalized spacial score (nSPS) is 33.0. The summed E-state index contributed by atoms with van der Waals surface area (Å²) in [5.74, 6) is -0.609. The van der Waals surface area contributed by atoms with Crippen LogP contribution in [-0.2, 0) is 9.59 Å². The largest absolute Gasteiger partial charge is 0.293 e. The molecule has 0 fully saturated rings. The van der Waals surface area contributed by atoms with Crippen LogP contribution in [-0.4, -0.2) is 22.3 Å². The molecule has 0 aliphatic heterocycles. The second-order valence-electron chi connectivity index (χ2n) is 1.94. The average molecular weight is 179 g/mol. The molecule has 4 heteroatoms. The molecule has 0 saturated carbocycles. The lowest BCUT2D eigenvalue weighted by Crippen LogP contribution is -2.33. The summed E-state index contributed by atoms with van der Waals surface area (Å²) in [7, 11) is 0. The number of rotatable bonds is 0. The molecule has 0 aromatic rings. The Morgan fingerprint density at radius 3 is 1.60 bits per heavy atom. The van der Waals surface area contributed by atoms with Gasteiger partial charge in [0.25, 0.3) is 0 Å². The lowest BCUT2D eigenvalue weighted by Gasteiger charge is -2.13. The van der Waals surface area contributed by atoms with Gasteiger partial charge in [0.05, 0.1) is 0 Å². The fraction of sp³-hybridized carbons (Fsp3) is 0.333. The number of alkyl halides is 2. The Morgan fingerprint density at radius 1 is 1.00 bits per heavy atom. The third-order valence-electron chi connectivity index (χ3n) is 1.21. The van der Waals surface area contributed by atoms with Crippen LogP contribution >= 0.6 is 23.2 Å². The molecule has 0 aromatic heterocycles. The molecule has 0 bridgehead atoms. The van der Waals surface area contributed by atoms with Crippen LogP contribution < -0.4 is 0 Å². The number of ketones is 2. The van der Waals surface area contributed by atoms with Crippen molar-refractivity contribution in [3.05, 3.63) is 12.2 Å². The highest BCUT2D eigenvalue weighted by Crippen LogP contribution is 2.17. The molecule has 0 aromatic carbocycles. The Kier molecular flexibility index (Phi) is 2.11. The van der Waals surface area contributed by atoms with E-state index in [-0.39, 0.29) is 11.6 Å². The molecule has 2 atom stereocenters. The summed E-state index contributed by atoms with van der Waals surface area (Å²) in [6.07, 6.45) is 2.30. The van der Waals surface area contributed by atoms with Crippen LogP contribution in [0, 0.1) is 0 Å². The Labute approximate surface area is 67.8 Å². The van der Waals surface area contributed by atoms with Gasteiger partial charge < -0.3 is 0 Å². The second kappa shape index (κ2) is 2.72. The molecule has 0 spiro atoms. The average Bonchev–Trinajstić information content (AvgIpc) is 1.93. The van der Waals surface area contributed by atoms with Gasteiger partial charge in [-0.1, -0.05) is 0 Å². The lowest BCUT2D eigenvalue weighted by atomic mass is 10.0. The van der Waals surface area contributed by atoms with E-state index in [4.69, 9.17) is 23.2 Å². The van der Waals surface area contributed by atoms with E-state index in [1.807, 2.05) is 0 Å². The third-order valence-corrected chi connectivity index (χ3v) is 2.28. The molecule has 0 amide bonds. The predicted octanol–water partition coefficient (Wildman–Crippen LogP) is 0.909. The number of allylic oxidation sites excluding steroid dienone is 2. The van der Waals surface area contributed by atoms with Crippen molar-refractivity contribution in [1.29, 1.82) is 0 Å². The topological polar surface area (TPSA) is 34.1 Å². The molecule has 10 heavy (non-hydrogen) atoms. The van der Waals surface area contributed by atoms with Gasteiger partial charge in [-0.25, -0.2) is 0 Å². The lowest BCUT2D eigenvalue weighted by molar-refractivity contribution is -0.120. The van der Waals surface area contributed by atoms with E-state index in [0.717, 1.165) is 12.2 Å². The molecule has 54 valence electrons. The van der Waals surface area contributed by atoms with Gasteiger partial charge in [0, 0.05) is 0 Å². The Hall–Kier alpha value is -0.340. The van der Waals surface area contributed by atoms with Gasteiger partial charge in [-0.05, 0) is 12.2 Å². The maximum absolute atomic E-state index is 10.7. The highest BCUT2D eigenvalue weighted by molar-refractivity contribution is 6.46. The Morgan fingerprint density at radius 2 is 1.30 bits per heavy atom. The molecule has 0 saturated heterocycles. The van der Waals surface area contributed by atoms with Gasteiger partial charge >= 0.3 is 0 Å². The molecule has 2 nitrogen and oxygen atoms in total. The number of carbonyl (C=O) groups excluding carboxylic acids is 2. The fourth-order valence-corrected chi connectivity index (χ4v) is 1.03. The maximum atomic E-state index is 10.7. The van der Waals surface area contributed by atoms with Gasteiger partial charge in [-0.15, -0.1) is 23.2 Å². The number of hydrogen-bond acceptors (Lipinski definition) is 2. The van der Waals surface area contributed by atoms with Gasteiger partial charge in [-0.2, -0.15) is 0 Å². The minimum atomic E-state index is -0.890. The van der Waals surface area contributed by atoms with E-state index < -0.39 is 10.8 Å². The Balaban J connectivity index is 2.89. The minimum absolute atomic E-state index is 0.304. The van der Waals surface area contributed by atoms with Gasteiger partial charge in [-0.3, -0.25) is 9.59 Å². The first-order valence-electron chi connectivity index (χ1n) is 2.67. The van der Waals surface area contributed by atoms with E-state index in [1.165, 1.54) is 0 Å². The van der Waals surface area contributed by atoms with Gasteiger partial charge in [0.1, 0.15) is 10.8 Å². The van der Waals surface area contributed by atoms with Crippen molar-refractivity contribution in [1.82, 2.24) is 0 Å². The van der Waals surface area contributed by atoms with Gasteiger partial charge in [0.15, 0.2) is 11.6 Å². The molecule has 1 rings (SSSR count). The monoisotopic (exact) mass is 178 g/mol. The van der Waals surface area contributed by atoms with Crippen molar-refractivity contribution in [3.63, 3.8) is 0 Å². The molecule has 0 N–H and O–H groups in total. The number of carbonyl (C=O) groups is 2. The van der Waals surface area contributed by atoms with E-state index >= 15 is 0 Å². The van der Waals surface area contributed by atoms with Crippen LogP contribution in [0.5, 0.6) is 0 Å². The molecule has 0 radical (unpaired) electrons. The van der Waals surface area contributed by atoms with Crippen LogP contribution in [0.4, 0.5) is 0 Å². The first-order chi connectivity index (χ1) is 4.63. The number of hydrogen-bond donors (Lipinski definition) is 0. The van der Waals surface area contributed by atoms with E-state index in [1.54, 1.807) is 0 Å². The van der Waals surface area contributed by atoms with Crippen LogP contribution in [0.15, 0.2) is 12.2 Å². The second-order valence-corrected chi connectivity index (χ2v) is 2.88. The summed E-state index contributed by atoms with van der Waals surface area (Å²) >= 11 is 10.9. The van der Waals surface area contributed by atoms with Crippen molar-refractivity contribution in [2.75, 3.05) is 0 Å². The summed E-state index contributed by atoms with van der Waals surface area (Å²) in [6.45, 7) is 0. The fourth-order valence-electron chi connectivity index (χ4n) is 0.637. The molecule has 1 aliphatic carbocycles. The summed E-state index contributed by atoms with van der Waals surface area (Å²) in [5, 5.41) is -1.78. The minimum Gasteiger partial charge on any atom is -0.293 e. The van der Waals surface area contributed by atoms with Crippen LogP contribution in [0.25, 0.3) is 0 Å². The number of halogens is 2. The summed E-state index contributed by atoms with van der Waals surface area (Å²) in [4.78, 5) is 21.4. The van der Waals surface area contributed by atoms with Crippen molar-refractivity contribution in [2.24, 2.45) is 0 Å². The zero-order valence-electron chi connectivity index (χ0n) is 4.88. The third kappa shape index (κ3) is 1.22. The van der Waals surface area contributed by atoms with Crippen molar-refractivity contribution >= 4 is 34.8 Å². The van der Waals surface area contributed by atoms with Gasteiger partial charge in [0.2, 0.25) is 0 Å². The maximum Gasteiger partial charge on any atom is 0.175 e. The highest BCUT2D eigenvalue weighted by Gasteiger charge is 2.30. The van der Waals surface area contributed by atoms with Crippen LogP contribution in [0.3, 0.4) is 0 Å². The molecular weight excluding hydrogens is 175 g/mol. The zero-order valence-corrected chi connectivity index (χ0v) is 6.39. The quantitative estimate of drug-likeness (QED) is 0.518. The smallest absolute Gasteiger partial charge is 0.175 e. The SMILES string of the molecule is O=C1C=CC(=O)C(Cl)C1Cl. The Bertz CT molecular complexity index is 188. The first-order valence-corrected chi connectivity index (χ1v) is 3.54. The molecule has 0 heterocycles. The molecule has 2 unspecified atom stereocenters. The van der Waals surface area contributed by atoms with Crippen molar-refractivity contribution in [2.45, 2.75) is 10.8 Å². The van der Waals surface area contributed by atoms with Crippen molar-refractivity contribution in [3.8, 4) is 0 Å². The zero-order chi connectivity index (χ0) is 7.72. The van der Waals surface area contributed by atoms with Crippen LogP contribution in [0.2, 0.25) is 0 Å². The standard InChI is InChI=1S/C6H4Cl2O2/c7-5-3(9)1-2-4(10)6(5)8/h1-2,5-6H.